The van der Waals surface area contributed by atoms with E-state index in [0.29, 0.717) is 32.0 Å². The van der Waals surface area contributed by atoms with Gasteiger partial charge in [0.25, 0.3) is 6.48 Å². The van der Waals surface area contributed by atoms with Gasteiger partial charge in [-0.25, -0.2) is 9.59 Å². The third kappa shape index (κ3) is 8.41. The molecular formula is C23H42N2O7. The van der Waals surface area contributed by atoms with Gasteiger partial charge in [-0.15, -0.1) is 0 Å². The maximum atomic E-state index is 12.7. The Kier molecular flexibility index (Phi) is 10.5. The van der Waals surface area contributed by atoms with Crippen LogP contribution in [0.15, 0.2) is 0 Å². The molecule has 2 amide bonds. The van der Waals surface area contributed by atoms with Gasteiger partial charge in [0.1, 0.15) is 17.8 Å². The molecule has 2 rings (SSSR count). The van der Waals surface area contributed by atoms with Crippen LogP contribution in [-0.4, -0.2) is 74.2 Å². The lowest BCUT2D eigenvalue weighted by Crippen LogP contribution is -2.54. The molecule has 1 heterocycles. The molecule has 4 atom stereocenters. The first kappa shape index (κ1) is 26.7. The van der Waals surface area contributed by atoms with Gasteiger partial charge in [0.05, 0.1) is 12.6 Å². The molecule has 0 spiro atoms. The SMILES string of the molecule is CCOC(OC)OC([C@H](CC1CCCCC1)NC(=O)OC(C)(C)C)[C@@H]1CN(CC)C(=O)O1. The number of carbonyl (C=O) groups excluding carboxylic acids is 2. The summed E-state index contributed by atoms with van der Waals surface area (Å²) < 4.78 is 28.3. The van der Waals surface area contributed by atoms with Gasteiger partial charge in [0.2, 0.25) is 0 Å². The summed E-state index contributed by atoms with van der Waals surface area (Å²) in [6.07, 6.45) is 4.38. The third-order valence-electron chi connectivity index (χ3n) is 5.83. The summed E-state index contributed by atoms with van der Waals surface area (Å²) in [5, 5.41) is 3.01. The van der Waals surface area contributed by atoms with Crippen LogP contribution in [0, 0.1) is 5.92 Å². The molecule has 32 heavy (non-hydrogen) atoms. The molecule has 1 saturated heterocycles. The highest BCUT2D eigenvalue weighted by atomic mass is 16.8. The summed E-state index contributed by atoms with van der Waals surface area (Å²) in [5.74, 6) is 0.447. The third-order valence-corrected chi connectivity index (χ3v) is 5.83. The maximum Gasteiger partial charge on any atom is 0.410 e. The van der Waals surface area contributed by atoms with Crippen molar-refractivity contribution in [3.63, 3.8) is 0 Å². The van der Waals surface area contributed by atoms with E-state index >= 15 is 0 Å². The molecule has 2 aliphatic rings. The Morgan fingerprint density at radius 2 is 1.91 bits per heavy atom. The van der Waals surface area contributed by atoms with Crippen LogP contribution in [0.2, 0.25) is 0 Å². The first-order valence-electron chi connectivity index (χ1n) is 11.9. The van der Waals surface area contributed by atoms with Gasteiger partial charge >= 0.3 is 12.2 Å². The van der Waals surface area contributed by atoms with E-state index in [1.54, 1.807) is 4.90 Å². The number of amides is 2. The predicted molar refractivity (Wildman–Crippen MR) is 119 cm³/mol. The molecule has 0 aromatic heterocycles. The van der Waals surface area contributed by atoms with Crippen molar-refractivity contribution in [2.24, 2.45) is 5.92 Å². The van der Waals surface area contributed by atoms with Crippen LogP contribution in [0.4, 0.5) is 9.59 Å². The van der Waals surface area contributed by atoms with Crippen molar-refractivity contribution in [3.8, 4) is 0 Å². The van der Waals surface area contributed by atoms with Crippen LogP contribution >= 0.6 is 0 Å². The molecule has 2 fully saturated rings. The van der Waals surface area contributed by atoms with Crippen LogP contribution in [-0.2, 0) is 23.7 Å². The molecule has 186 valence electrons. The monoisotopic (exact) mass is 458 g/mol. The van der Waals surface area contributed by atoms with Crippen molar-refractivity contribution < 1.29 is 33.3 Å². The molecule has 1 aliphatic carbocycles. The number of carbonyl (C=O) groups is 2. The van der Waals surface area contributed by atoms with Gasteiger partial charge in [0, 0.05) is 20.3 Å². The Hall–Kier alpha value is -1.58. The molecule has 0 bridgehead atoms. The normalized spacial score (nSPS) is 22.9. The highest BCUT2D eigenvalue weighted by Crippen LogP contribution is 2.31. The molecule has 9 heteroatoms. The second-order valence-electron chi connectivity index (χ2n) is 9.53. The number of likely N-dealkylation sites (N-methyl/N-ethyl adjacent to an activating group) is 1. The van der Waals surface area contributed by atoms with E-state index in [2.05, 4.69) is 5.32 Å². The van der Waals surface area contributed by atoms with Crippen LogP contribution in [0.5, 0.6) is 0 Å². The van der Waals surface area contributed by atoms with Crippen LogP contribution in [0.3, 0.4) is 0 Å². The predicted octanol–water partition coefficient (Wildman–Crippen LogP) is 4.04. The average molecular weight is 459 g/mol. The molecule has 9 nitrogen and oxygen atoms in total. The van der Waals surface area contributed by atoms with E-state index in [1.165, 1.54) is 26.4 Å². The lowest BCUT2D eigenvalue weighted by Gasteiger charge is -2.36. The largest absolute Gasteiger partial charge is 0.444 e. The molecule has 1 saturated carbocycles. The molecular weight excluding hydrogens is 416 g/mol. The molecule has 0 radical (unpaired) electrons. The molecule has 1 N–H and O–H groups in total. The van der Waals surface area contributed by atoms with Gasteiger partial charge in [-0.3, -0.25) is 0 Å². The van der Waals surface area contributed by atoms with E-state index in [0.717, 1.165) is 12.8 Å². The molecule has 0 aromatic carbocycles. The number of rotatable bonds is 11. The smallest absolute Gasteiger partial charge is 0.410 e. The lowest BCUT2D eigenvalue weighted by atomic mass is 9.83. The summed E-state index contributed by atoms with van der Waals surface area (Å²) in [5.41, 5.74) is -0.630. The summed E-state index contributed by atoms with van der Waals surface area (Å²) in [7, 11) is 1.49. The first-order valence-corrected chi connectivity index (χ1v) is 11.9. The zero-order valence-corrected chi connectivity index (χ0v) is 20.6. The minimum Gasteiger partial charge on any atom is -0.444 e. The van der Waals surface area contributed by atoms with Gasteiger partial charge in [-0.1, -0.05) is 32.1 Å². The number of hydrogen-bond acceptors (Lipinski definition) is 7. The topological polar surface area (TPSA) is 95.6 Å². The highest BCUT2D eigenvalue weighted by Gasteiger charge is 2.43. The fourth-order valence-corrected chi connectivity index (χ4v) is 4.35. The second kappa shape index (κ2) is 12.6. The minimum absolute atomic E-state index is 0.375. The zero-order valence-electron chi connectivity index (χ0n) is 20.6. The molecule has 1 aliphatic heterocycles. The molecule has 2 unspecified atom stereocenters. The molecule has 0 aromatic rings. The first-order chi connectivity index (χ1) is 15.2. The van der Waals surface area contributed by atoms with Gasteiger partial charge in [-0.05, 0) is 47.0 Å². The number of hydrogen-bond donors (Lipinski definition) is 1. The van der Waals surface area contributed by atoms with Crippen molar-refractivity contribution in [2.75, 3.05) is 26.8 Å². The minimum atomic E-state index is -0.936. The van der Waals surface area contributed by atoms with Crippen LogP contribution in [0.25, 0.3) is 0 Å². The van der Waals surface area contributed by atoms with E-state index < -0.39 is 36.4 Å². The highest BCUT2D eigenvalue weighted by molar-refractivity contribution is 5.70. The second-order valence-corrected chi connectivity index (χ2v) is 9.53. The Balaban J connectivity index is 2.27. The zero-order chi connectivity index (χ0) is 23.7. The van der Waals surface area contributed by atoms with Gasteiger partial charge in [0.15, 0.2) is 0 Å². The summed E-state index contributed by atoms with van der Waals surface area (Å²) in [6, 6.07) is -0.430. The van der Waals surface area contributed by atoms with Crippen LogP contribution < -0.4 is 5.32 Å². The van der Waals surface area contributed by atoms with Crippen molar-refractivity contribution >= 4 is 12.2 Å². The number of cyclic esters (lactones) is 1. The van der Waals surface area contributed by atoms with E-state index in [9.17, 15) is 9.59 Å². The van der Waals surface area contributed by atoms with E-state index in [-0.39, 0.29) is 6.09 Å². The van der Waals surface area contributed by atoms with E-state index in [4.69, 9.17) is 23.7 Å². The summed E-state index contributed by atoms with van der Waals surface area (Å²) >= 11 is 0. The van der Waals surface area contributed by atoms with Crippen molar-refractivity contribution in [3.05, 3.63) is 0 Å². The Bertz CT molecular complexity index is 589. The lowest BCUT2D eigenvalue weighted by molar-refractivity contribution is -0.304. The quantitative estimate of drug-likeness (QED) is 0.467. The number of ether oxygens (including phenoxy) is 5. The summed E-state index contributed by atoms with van der Waals surface area (Å²) in [6.45, 7) is 9.58. The number of nitrogens with zero attached hydrogens (tertiary/aromatic N) is 1. The van der Waals surface area contributed by atoms with E-state index in [1.807, 2.05) is 34.6 Å². The number of alkyl carbamates (subject to hydrolysis) is 1. The van der Waals surface area contributed by atoms with Crippen molar-refractivity contribution in [1.29, 1.82) is 0 Å². The van der Waals surface area contributed by atoms with Crippen molar-refractivity contribution in [1.82, 2.24) is 10.2 Å². The Morgan fingerprint density at radius 1 is 1.22 bits per heavy atom. The Morgan fingerprint density at radius 3 is 2.44 bits per heavy atom. The number of nitrogens with one attached hydrogen (secondary N) is 1. The average Bonchev–Trinajstić information content (AvgIpc) is 3.10. The fourth-order valence-electron chi connectivity index (χ4n) is 4.35. The van der Waals surface area contributed by atoms with Crippen LogP contribution in [0.1, 0.15) is 73.1 Å². The summed E-state index contributed by atoms with van der Waals surface area (Å²) in [4.78, 5) is 26.6. The Labute approximate surface area is 192 Å². The number of methoxy groups -OCH3 is 1. The van der Waals surface area contributed by atoms with Gasteiger partial charge in [-0.2, -0.15) is 0 Å². The fraction of sp³-hybridized carbons (Fsp3) is 0.913. The standard InChI is InChI=1S/C23H42N2O7/c1-7-25-15-18(30-21(25)27)19(31-22(28-6)29-8-2)17(14-16-12-10-9-11-13-16)24-20(26)32-23(3,4)5/h16-19,22H,7-15H2,1-6H3,(H,24,26)/t17-,18-,19?,22?/m0/s1. The van der Waals surface area contributed by atoms with Crippen molar-refractivity contribution in [2.45, 2.75) is 103 Å². The maximum absolute atomic E-state index is 12.7. The van der Waals surface area contributed by atoms with Gasteiger partial charge < -0.3 is 33.9 Å².